The van der Waals surface area contributed by atoms with Gasteiger partial charge in [-0.2, -0.15) is 0 Å². The lowest BCUT2D eigenvalue weighted by atomic mass is 10.0. The van der Waals surface area contributed by atoms with Crippen LogP contribution >= 0.6 is 0 Å². The number of fused-ring (bicyclic) bond motifs is 1. The van der Waals surface area contributed by atoms with Crippen LogP contribution in [0.1, 0.15) is 40.5 Å². The van der Waals surface area contributed by atoms with E-state index in [2.05, 4.69) is 14.5 Å². The van der Waals surface area contributed by atoms with Crippen molar-refractivity contribution in [2.75, 3.05) is 13.1 Å². The number of nitrogens with zero attached hydrogens (tertiary/aromatic N) is 5. The Balaban J connectivity index is 1.18. The van der Waals surface area contributed by atoms with Crippen molar-refractivity contribution in [3.63, 3.8) is 0 Å². The fourth-order valence-electron chi connectivity index (χ4n) is 4.16. The Morgan fingerprint density at radius 1 is 1.13 bits per heavy atom. The molecule has 0 aliphatic carbocycles. The van der Waals surface area contributed by atoms with Gasteiger partial charge in [0.2, 0.25) is 0 Å². The number of ether oxygens (including phenoxy) is 1. The second kappa shape index (κ2) is 8.26. The first-order chi connectivity index (χ1) is 15.2. The van der Waals surface area contributed by atoms with Gasteiger partial charge in [-0.3, -0.25) is 4.79 Å². The predicted octanol–water partition coefficient (Wildman–Crippen LogP) is 3.90. The lowest BCUT2D eigenvalue weighted by molar-refractivity contribution is 0.0694. The van der Waals surface area contributed by atoms with E-state index in [0.29, 0.717) is 18.2 Å². The minimum atomic E-state index is 0.0754. The SMILES string of the molecule is Cc1cccn2cc(COc3ccc(C(=O)N4CCC(n5ccnc5)CC4)cc3)nc12. The number of piperidine rings is 1. The zero-order chi connectivity index (χ0) is 21.2. The van der Waals surface area contributed by atoms with E-state index in [1.165, 1.54) is 0 Å². The molecule has 7 nitrogen and oxygen atoms in total. The van der Waals surface area contributed by atoms with Gasteiger partial charge in [0.1, 0.15) is 18.0 Å². The molecule has 0 spiro atoms. The standard InChI is InChI=1S/C24H25N5O2/c1-18-3-2-11-28-15-20(26-23(18)28)16-31-22-6-4-19(5-7-22)24(30)27-12-8-21(9-13-27)29-14-10-25-17-29/h2-7,10-11,14-15,17,21H,8-9,12-13,16H2,1H3. The minimum absolute atomic E-state index is 0.0754. The summed E-state index contributed by atoms with van der Waals surface area (Å²) >= 11 is 0. The first-order valence-corrected chi connectivity index (χ1v) is 10.6. The number of carbonyl (C=O) groups excluding carboxylic acids is 1. The topological polar surface area (TPSA) is 64.7 Å². The average Bonchev–Trinajstić information content (AvgIpc) is 3.49. The Morgan fingerprint density at radius 2 is 1.94 bits per heavy atom. The fourth-order valence-corrected chi connectivity index (χ4v) is 4.16. The summed E-state index contributed by atoms with van der Waals surface area (Å²) in [5.41, 5.74) is 3.64. The summed E-state index contributed by atoms with van der Waals surface area (Å²) in [7, 11) is 0. The number of imidazole rings is 2. The summed E-state index contributed by atoms with van der Waals surface area (Å²) in [4.78, 5) is 23.6. The minimum Gasteiger partial charge on any atom is -0.487 e. The van der Waals surface area contributed by atoms with Gasteiger partial charge in [0.05, 0.1) is 12.0 Å². The summed E-state index contributed by atoms with van der Waals surface area (Å²) < 4.78 is 10.0. The number of rotatable bonds is 5. The largest absolute Gasteiger partial charge is 0.487 e. The number of benzene rings is 1. The third-order valence-corrected chi connectivity index (χ3v) is 5.91. The first kappa shape index (κ1) is 19.4. The number of hydrogen-bond acceptors (Lipinski definition) is 4. The highest BCUT2D eigenvalue weighted by Crippen LogP contribution is 2.24. The van der Waals surface area contributed by atoms with Crippen LogP contribution in [0.3, 0.4) is 0 Å². The van der Waals surface area contributed by atoms with Crippen molar-refractivity contribution in [3.05, 3.63) is 84.3 Å². The number of hydrogen-bond donors (Lipinski definition) is 0. The Labute approximate surface area is 180 Å². The Morgan fingerprint density at radius 3 is 2.65 bits per heavy atom. The van der Waals surface area contributed by atoms with Crippen molar-refractivity contribution in [2.45, 2.75) is 32.4 Å². The van der Waals surface area contributed by atoms with Crippen molar-refractivity contribution in [2.24, 2.45) is 0 Å². The molecule has 0 atom stereocenters. The van der Waals surface area contributed by atoms with Crippen LogP contribution in [0, 0.1) is 6.92 Å². The maximum absolute atomic E-state index is 12.9. The van der Waals surface area contributed by atoms with Gasteiger partial charge in [-0.05, 0) is 55.7 Å². The van der Waals surface area contributed by atoms with E-state index in [-0.39, 0.29) is 5.91 Å². The number of likely N-dealkylation sites (tertiary alicyclic amines) is 1. The van der Waals surface area contributed by atoms with E-state index in [9.17, 15) is 4.79 Å². The molecule has 0 N–H and O–H groups in total. The molecule has 1 aliphatic rings. The molecule has 1 saturated heterocycles. The van der Waals surface area contributed by atoms with Crippen LogP contribution in [0.2, 0.25) is 0 Å². The van der Waals surface area contributed by atoms with Crippen LogP contribution < -0.4 is 4.74 Å². The molecule has 31 heavy (non-hydrogen) atoms. The summed E-state index contributed by atoms with van der Waals surface area (Å²) in [5, 5.41) is 0. The van der Waals surface area contributed by atoms with Gasteiger partial charge >= 0.3 is 0 Å². The van der Waals surface area contributed by atoms with Crippen molar-refractivity contribution >= 4 is 11.6 Å². The highest BCUT2D eigenvalue weighted by atomic mass is 16.5. The fraction of sp³-hybridized carbons (Fsp3) is 0.292. The maximum atomic E-state index is 12.9. The second-order valence-corrected chi connectivity index (χ2v) is 8.00. The van der Waals surface area contributed by atoms with E-state index in [1.54, 1.807) is 6.20 Å². The van der Waals surface area contributed by atoms with E-state index in [0.717, 1.165) is 48.6 Å². The highest BCUT2D eigenvalue weighted by molar-refractivity contribution is 5.94. The first-order valence-electron chi connectivity index (χ1n) is 10.6. The number of carbonyl (C=O) groups is 1. The summed E-state index contributed by atoms with van der Waals surface area (Å²) in [6, 6.07) is 11.9. The second-order valence-electron chi connectivity index (χ2n) is 8.00. The number of pyridine rings is 1. The number of aryl methyl sites for hydroxylation is 1. The van der Waals surface area contributed by atoms with Gasteiger partial charge in [-0.15, -0.1) is 0 Å². The van der Waals surface area contributed by atoms with Gasteiger partial charge in [-0.25, -0.2) is 9.97 Å². The number of amides is 1. The third-order valence-electron chi connectivity index (χ3n) is 5.91. The number of aromatic nitrogens is 4. The Bertz CT molecular complexity index is 1170. The van der Waals surface area contributed by atoms with Crippen molar-refractivity contribution < 1.29 is 9.53 Å². The Kier molecular flexibility index (Phi) is 5.16. The van der Waals surface area contributed by atoms with Crippen molar-refractivity contribution in [3.8, 4) is 5.75 Å². The van der Waals surface area contributed by atoms with Crippen LogP contribution in [-0.2, 0) is 6.61 Å². The quantitative estimate of drug-likeness (QED) is 0.496. The Hall–Kier alpha value is -3.61. The molecule has 3 aromatic heterocycles. The molecular formula is C24H25N5O2. The van der Waals surface area contributed by atoms with Crippen LogP contribution in [-0.4, -0.2) is 42.8 Å². The summed E-state index contributed by atoms with van der Waals surface area (Å²) in [6.07, 6.45) is 11.5. The zero-order valence-electron chi connectivity index (χ0n) is 17.5. The van der Waals surface area contributed by atoms with Gasteiger partial charge in [0, 0.05) is 49.5 Å². The zero-order valence-corrected chi connectivity index (χ0v) is 17.5. The molecule has 0 bridgehead atoms. The smallest absolute Gasteiger partial charge is 0.253 e. The lowest BCUT2D eigenvalue weighted by Crippen LogP contribution is -2.38. The van der Waals surface area contributed by atoms with E-state index >= 15 is 0 Å². The van der Waals surface area contributed by atoms with Gasteiger partial charge in [0.25, 0.3) is 5.91 Å². The predicted molar refractivity (Wildman–Crippen MR) is 117 cm³/mol. The van der Waals surface area contributed by atoms with E-state index in [1.807, 2.05) is 77.5 Å². The molecule has 0 unspecified atom stereocenters. The van der Waals surface area contributed by atoms with Crippen molar-refractivity contribution in [1.29, 1.82) is 0 Å². The molecule has 1 fully saturated rings. The molecule has 4 heterocycles. The molecule has 1 aliphatic heterocycles. The lowest BCUT2D eigenvalue weighted by Gasteiger charge is -2.32. The van der Waals surface area contributed by atoms with E-state index < -0.39 is 0 Å². The molecule has 1 amide bonds. The molecule has 0 saturated carbocycles. The summed E-state index contributed by atoms with van der Waals surface area (Å²) in [5.74, 6) is 0.801. The van der Waals surface area contributed by atoms with Crippen LogP contribution in [0.15, 0.2) is 67.5 Å². The van der Waals surface area contributed by atoms with Gasteiger partial charge in [-0.1, -0.05) is 6.07 Å². The normalized spacial score (nSPS) is 14.8. The molecule has 158 valence electrons. The summed E-state index contributed by atoms with van der Waals surface area (Å²) in [6.45, 7) is 3.94. The van der Waals surface area contributed by atoms with Gasteiger partial charge < -0.3 is 18.6 Å². The molecule has 5 rings (SSSR count). The molecule has 1 aromatic carbocycles. The van der Waals surface area contributed by atoms with Gasteiger partial charge in [0.15, 0.2) is 0 Å². The average molecular weight is 415 g/mol. The maximum Gasteiger partial charge on any atom is 0.253 e. The molecule has 4 aromatic rings. The van der Waals surface area contributed by atoms with Crippen molar-refractivity contribution in [1.82, 2.24) is 23.8 Å². The monoisotopic (exact) mass is 415 g/mol. The molecule has 7 heteroatoms. The third kappa shape index (κ3) is 4.03. The van der Waals surface area contributed by atoms with E-state index in [4.69, 9.17) is 4.74 Å². The highest BCUT2D eigenvalue weighted by Gasteiger charge is 2.24. The molecule has 0 radical (unpaired) electrons. The molecular weight excluding hydrogens is 390 g/mol. The van der Waals surface area contributed by atoms with Crippen LogP contribution in [0.25, 0.3) is 5.65 Å². The van der Waals surface area contributed by atoms with Crippen LogP contribution in [0.5, 0.6) is 5.75 Å². The van der Waals surface area contributed by atoms with Crippen LogP contribution in [0.4, 0.5) is 0 Å².